The summed E-state index contributed by atoms with van der Waals surface area (Å²) in [5.41, 5.74) is 0. The summed E-state index contributed by atoms with van der Waals surface area (Å²) < 4.78 is 0.671. The highest BCUT2D eigenvalue weighted by atomic mass is 79.9. The Kier molecular flexibility index (Phi) is 5.11. The fraction of sp³-hybridized carbons (Fsp3) is 0.615. The van der Waals surface area contributed by atoms with E-state index in [9.17, 15) is 4.79 Å². The Morgan fingerprint density at radius 3 is 2.56 bits per heavy atom. The molecule has 0 aliphatic heterocycles. The number of nitrogens with one attached hydrogen (secondary N) is 1. The van der Waals surface area contributed by atoms with Crippen LogP contribution in [0, 0.1) is 5.92 Å². The second-order valence-corrected chi connectivity index (χ2v) is 5.65. The predicted molar refractivity (Wildman–Crippen MR) is 74.2 cm³/mol. The highest BCUT2D eigenvalue weighted by Crippen LogP contribution is 2.25. The summed E-state index contributed by atoms with van der Waals surface area (Å²) in [7, 11) is 0. The van der Waals surface area contributed by atoms with E-state index in [1.807, 2.05) is 0 Å². The van der Waals surface area contributed by atoms with Crippen molar-refractivity contribution in [2.24, 2.45) is 5.92 Å². The van der Waals surface area contributed by atoms with Crippen LogP contribution >= 0.6 is 15.9 Å². The van der Waals surface area contributed by atoms with Gasteiger partial charge in [0.25, 0.3) is 0 Å². The number of carbonyl (C=O) groups excluding carboxylic acids is 1. The Hall–Kier alpha value is -0.970. The molecule has 1 aromatic heterocycles. The number of hydrogen-bond donors (Lipinski definition) is 1. The van der Waals surface area contributed by atoms with Crippen molar-refractivity contribution >= 4 is 27.7 Å². The quantitative estimate of drug-likeness (QED) is 0.869. The molecule has 1 amide bonds. The largest absolute Gasteiger partial charge is 0.309 e. The molecule has 1 fully saturated rings. The summed E-state index contributed by atoms with van der Waals surface area (Å²) in [6.45, 7) is 0. The number of aromatic nitrogens is 2. The Morgan fingerprint density at radius 2 is 1.94 bits per heavy atom. The van der Waals surface area contributed by atoms with Gasteiger partial charge in [0.1, 0.15) is 4.60 Å². The van der Waals surface area contributed by atoms with E-state index in [-0.39, 0.29) is 5.91 Å². The van der Waals surface area contributed by atoms with Gasteiger partial charge in [0, 0.05) is 6.42 Å². The van der Waals surface area contributed by atoms with Crippen LogP contribution in [0.2, 0.25) is 0 Å². The van der Waals surface area contributed by atoms with Crippen LogP contribution in [0.25, 0.3) is 0 Å². The van der Waals surface area contributed by atoms with Gasteiger partial charge < -0.3 is 5.32 Å². The van der Waals surface area contributed by atoms with Crippen molar-refractivity contribution in [3.63, 3.8) is 0 Å². The summed E-state index contributed by atoms with van der Waals surface area (Å²) in [6.07, 6.45) is 11.3. The van der Waals surface area contributed by atoms with E-state index >= 15 is 0 Å². The van der Waals surface area contributed by atoms with Crippen molar-refractivity contribution in [1.29, 1.82) is 0 Å². The van der Waals surface area contributed by atoms with Crippen molar-refractivity contribution in [3.05, 3.63) is 17.0 Å². The van der Waals surface area contributed by atoms with Crippen LogP contribution < -0.4 is 5.32 Å². The van der Waals surface area contributed by atoms with Crippen molar-refractivity contribution in [2.45, 2.75) is 44.9 Å². The highest BCUT2D eigenvalue weighted by molar-refractivity contribution is 9.10. The van der Waals surface area contributed by atoms with Crippen LogP contribution in [0.1, 0.15) is 44.9 Å². The van der Waals surface area contributed by atoms with Gasteiger partial charge in [-0.25, -0.2) is 9.97 Å². The van der Waals surface area contributed by atoms with Crippen molar-refractivity contribution in [1.82, 2.24) is 9.97 Å². The van der Waals surface area contributed by atoms with E-state index in [4.69, 9.17) is 0 Å². The molecule has 1 heterocycles. The number of amides is 1. The molecule has 18 heavy (non-hydrogen) atoms. The number of halogens is 1. The van der Waals surface area contributed by atoms with Gasteiger partial charge in [0.05, 0.1) is 12.4 Å². The summed E-state index contributed by atoms with van der Waals surface area (Å²) >= 11 is 3.21. The Labute approximate surface area is 116 Å². The zero-order chi connectivity index (χ0) is 12.8. The summed E-state index contributed by atoms with van der Waals surface area (Å²) in [5.74, 6) is 1.12. The molecule has 0 bridgehead atoms. The topological polar surface area (TPSA) is 54.9 Å². The second-order valence-electron chi connectivity index (χ2n) is 4.83. The van der Waals surface area contributed by atoms with Gasteiger partial charge in [-0.05, 0) is 34.7 Å². The summed E-state index contributed by atoms with van der Waals surface area (Å²) in [6, 6.07) is 0. The molecule has 4 nitrogen and oxygen atoms in total. The third-order valence-corrected chi connectivity index (χ3v) is 3.75. The lowest BCUT2D eigenvalue weighted by atomic mass is 9.96. The predicted octanol–water partition coefficient (Wildman–Crippen LogP) is 3.54. The van der Waals surface area contributed by atoms with Crippen LogP contribution in [-0.2, 0) is 4.79 Å². The van der Waals surface area contributed by atoms with Crippen LogP contribution in [0.5, 0.6) is 0 Å². The molecule has 98 valence electrons. The van der Waals surface area contributed by atoms with Crippen LogP contribution in [0.3, 0.4) is 0 Å². The molecule has 1 N–H and O–H groups in total. The fourth-order valence-corrected chi connectivity index (χ4v) is 2.61. The molecule has 1 aliphatic carbocycles. The zero-order valence-corrected chi connectivity index (χ0v) is 11.9. The van der Waals surface area contributed by atoms with Gasteiger partial charge in [-0.15, -0.1) is 0 Å². The van der Waals surface area contributed by atoms with Crippen molar-refractivity contribution in [3.8, 4) is 0 Å². The smallest absolute Gasteiger partial charge is 0.225 e. The molecule has 0 spiro atoms. The molecule has 5 heteroatoms. The first-order chi connectivity index (χ1) is 8.74. The zero-order valence-electron chi connectivity index (χ0n) is 10.4. The maximum Gasteiger partial charge on any atom is 0.225 e. The average Bonchev–Trinajstić information content (AvgIpc) is 2.61. The first-order valence-corrected chi connectivity index (χ1v) is 7.31. The maximum atomic E-state index is 11.9. The summed E-state index contributed by atoms with van der Waals surface area (Å²) in [4.78, 5) is 20.0. The van der Waals surface area contributed by atoms with E-state index < -0.39 is 0 Å². The molecule has 0 unspecified atom stereocenters. The van der Waals surface area contributed by atoms with Crippen LogP contribution in [0.15, 0.2) is 17.0 Å². The van der Waals surface area contributed by atoms with Crippen molar-refractivity contribution < 1.29 is 4.79 Å². The number of rotatable bonds is 3. The maximum absolute atomic E-state index is 11.9. The second kappa shape index (κ2) is 6.83. The van der Waals surface area contributed by atoms with E-state index in [0.29, 0.717) is 22.8 Å². The monoisotopic (exact) mass is 311 g/mol. The average molecular weight is 312 g/mol. The minimum absolute atomic E-state index is 0.0542. The minimum atomic E-state index is 0.0542. The molecule has 1 aromatic rings. The fourth-order valence-electron chi connectivity index (χ4n) is 2.40. The molecular formula is C13H18BrN3O. The van der Waals surface area contributed by atoms with E-state index in [0.717, 1.165) is 0 Å². The van der Waals surface area contributed by atoms with E-state index in [1.165, 1.54) is 38.5 Å². The molecule has 2 rings (SSSR count). The molecule has 1 saturated carbocycles. The Balaban J connectivity index is 1.82. The number of carbonyl (C=O) groups is 1. The summed E-state index contributed by atoms with van der Waals surface area (Å²) in [5, 5.41) is 2.80. The number of anilines is 1. The van der Waals surface area contributed by atoms with Gasteiger partial charge in [-0.2, -0.15) is 0 Å². The van der Waals surface area contributed by atoms with Gasteiger partial charge in [0.15, 0.2) is 5.82 Å². The first-order valence-electron chi connectivity index (χ1n) is 6.51. The molecule has 1 aliphatic rings. The normalized spacial score (nSPS) is 17.2. The van der Waals surface area contributed by atoms with Crippen molar-refractivity contribution in [2.75, 3.05) is 5.32 Å². The van der Waals surface area contributed by atoms with Gasteiger partial charge in [0.2, 0.25) is 5.91 Å². The lowest BCUT2D eigenvalue weighted by Crippen LogP contribution is -2.17. The van der Waals surface area contributed by atoms with Crippen LogP contribution in [0.4, 0.5) is 5.82 Å². The molecule has 0 aromatic carbocycles. The number of hydrogen-bond acceptors (Lipinski definition) is 3. The Morgan fingerprint density at radius 1 is 1.22 bits per heavy atom. The molecule has 0 radical (unpaired) electrons. The van der Waals surface area contributed by atoms with Gasteiger partial charge in [-0.1, -0.05) is 25.7 Å². The lowest BCUT2D eigenvalue weighted by molar-refractivity contribution is -0.117. The standard InChI is InChI=1S/C13H18BrN3O/c14-11-8-16-12(9-15-11)17-13(18)7-10-5-3-1-2-4-6-10/h8-10H,1-7H2,(H,16,17,18). The molecular weight excluding hydrogens is 294 g/mol. The third-order valence-electron chi connectivity index (χ3n) is 3.34. The minimum Gasteiger partial charge on any atom is -0.309 e. The van der Waals surface area contributed by atoms with E-state index in [1.54, 1.807) is 12.4 Å². The Bertz CT molecular complexity index is 386. The number of nitrogens with zero attached hydrogens (tertiary/aromatic N) is 2. The SMILES string of the molecule is O=C(CC1CCCCCC1)Nc1cnc(Br)cn1. The van der Waals surface area contributed by atoms with Gasteiger partial charge in [-0.3, -0.25) is 4.79 Å². The van der Waals surface area contributed by atoms with E-state index in [2.05, 4.69) is 31.2 Å². The molecule has 0 saturated heterocycles. The highest BCUT2D eigenvalue weighted by Gasteiger charge is 2.16. The first kappa shape index (κ1) is 13.5. The van der Waals surface area contributed by atoms with Gasteiger partial charge >= 0.3 is 0 Å². The molecule has 0 atom stereocenters. The lowest BCUT2D eigenvalue weighted by Gasteiger charge is -2.13. The third kappa shape index (κ3) is 4.37. The van der Waals surface area contributed by atoms with Crippen LogP contribution in [-0.4, -0.2) is 15.9 Å².